The number of hydrogen-bond acceptors (Lipinski definition) is 4. The Balaban J connectivity index is 1.69. The van der Waals surface area contributed by atoms with E-state index in [1.54, 1.807) is 0 Å². The van der Waals surface area contributed by atoms with Crippen molar-refractivity contribution in [3.63, 3.8) is 0 Å². The van der Waals surface area contributed by atoms with Gasteiger partial charge in [-0.3, -0.25) is 0 Å². The molecule has 1 spiro atoms. The summed E-state index contributed by atoms with van der Waals surface area (Å²) in [6.07, 6.45) is 0.307. The number of para-hydroxylation sites is 1. The maximum absolute atomic E-state index is 7.95. The highest BCUT2D eigenvalue weighted by Gasteiger charge is 2.49. The van der Waals surface area contributed by atoms with Crippen LogP contribution in [0.4, 0.5) is 5.95 Å². The van der Waals surface area contributed by atoms with Crippen molar-refractivity contribution < 1.29 is 6.11 Å². The molecular weight excluding hydrogens is 214 g/mol. The lowest BCUT2D eigenvalue weighted by molar-refractivity contribution is -0.127. The molecule has 17 heavy (non-hydrogen) atoms. The molecule has 2 aromatic rings. The monoisotopic (exact) mass is 228 g/mol. The lowest BCUT2D eigenvalue weighted by atomic mass is 9.78. The average Bonchev–Trinajstić information content (AvgIpc) is 2.25. The van der Waals surface area contributed by atoms with E-state index in [0.29, 0.717) is 17.5 Å². The van der Waals surface area contributed by atoms with Crippen molar-refractivity contribution >= 4 is 16.9 Å². The van der Waals surface area contributed by atoms with Gasteiger partial charge in [0.1, 0.15) is 0 Å². The van der Waals surface area contributed by atoms with Gasteiger partial charge in [0.25, 0.3) is 0 Å². The summed E-state index contributed by atoms with van der Waals surface area (Å²) in [5, 5.41) is 0.809. The molecule has 2 aliphatic heterocycles. The van der Waals surface area contributed by atoms with Crippen molar-refractivity contribution in [1.29, 1.82) is 0 Å². The van der Waals surface area contributed by atoms with E-state index < -0.39 is 0 Å². The first-order chi connectivity index (χ1) is 8.76. The molecule has 4 rings (SSSR count). The molecule has 4 heteroatoms. The van der Waals surface area contributed by atoms with Crippen LogP contribution < -0.4 is 4.90 Å². The summed E-state index contributed by atoms with van der Waals surface area (Å²) in [6.45, 7) is 3.60. The van der Waals surface area contributed by atoms with Gasteiger partial charge >= 0.3 is 0 Å². The zero-order chi connectivity index (χ0) is 12.2. The number of hydrogen-bond donors (Lipinski definition) is 0. The van der Waals surface area contributed by atoms with Crippen molar-refractivity contribution in [2.75, 3.05) is 31.2 Å². The first-order valence-corrected chi connectivity index (χ1v) is 5.82. The fourth-order valence-corrected chi connectivity index (χ4v) is 2.53. The van der Waals surface area contributed by atoms with Crippen LogP contribution in [-0.2, 0) is 4.74 Å². The zero-order valence-electron chi connectivity index (χ0n) is 10.4. The minimum atomic E-state index is 0.307. The van der Waals surface area contributed by atoms with Gasteiger partial charge < -0.3 is 9.64 Å². The van der Waals surface area contributed by atoms with Gasteiger partial charge in [0.05, 0.1) is 25.5 Å². The highest BCUT2D eigenvalue weighted by molar-refractivity contribution is 5.78. The molecule has 2 aliphatic rings. The third kappa shape index (κ3) is 1.34. The summed E-state index contributed by atoms with van der Waals surface area (Å²) in [6, 6.07) is 7.67. The molecule has 1 aromatic heterocycles. The van der Waals surface area contributed by atoms with Crippen LogP contribution in [0, 0.1) is 5.41 Å². The van der Waals surface area contributed by atoms with Crippen molar-refractivity contribution in [3.05, 3.63) is 30.4 Å². The lowest BCUT2D eigenvalue weighted by Gasteiger charge is -2.54. The van der Waals surface area contributed by atoms with Crippen LogP contribution in [0.15, 0.2) is 30.4 Å². The van der Waals surface area contributed by atoms with E-state index in [4.69, 9.17) is 6.11 Å². The van der Waals surface area contributed by atoms with Crippen molar-refractivity contribution in [3.8, 4) is 0 Å². The molecule has 0 radical (unpaired) electrons. The number of rotatable bonds is 1. The molecule has 0 amide bonds. The van der Waals surface area contributed by atoms with Crippen LogP contribution in [0.25, 0.3) is 10.9 Å². The molecule has 3 heterocycles. The number of fused-ring (bicyclic) bond motifs is 1. The third-order valence-corrected chi connectivity index (χ3v) is 3.55. The second kappa shape index (κ2) is 3.17. The number of benzene rings is 1. The van der Waals surface area contributed by atoms with Crippen LogP contribution in [0.3, 0.4) is 0 Å². The molecule has 2 fully saturated rings. The Morgan fingerprint density at radius 1 is 1.29 bits per heavy atom. The molecule has 86 valence electrons. The van der Waals surface area contributed by atoms with Crippen molar-refractivity contribution in [1.82, 2.24) is 9.97 Å². The molecule has 1 aromatic carbocycles. The lowest BCUT2D eigenvalue weighted by Crippen LogP contribution is -2.66. The Morgan fingerprint density at radius 2 is 2.12 bits per heavy atom. The topological polar surface area (TPSA) is 38.2 Å². The fourth-order valence-electron chi connectivity index (χ4n) is 2.53. The van der Waals surface area contributed by atoms with Crippen LogP contribution in [-0.4, -0.2) is 36.3 Å². The van der Waals surface area contributed by atoms with Crippen LogP contribution in [0.1, 0.15) is 1.37 Å². The molecule has 4 nitrogen and oxygen atoms in total. The van der Waals surface area contributed by atoms with Gasteiger partial charge in [0, 0.05) is 24.6 Å². The van der Waals surface area contributed by atoms with Gasteiger partial charge in [-0.05, 0) is 6.07 Å². The van der Waals surface area contributed by atoms with E-state index in [2.05, 4.69) is 14.9 Å². The molecule has 2 saturated heterocycles. The first kappa shape index (κ1) is 8.42. The molecule has 0 unspecified atom stereocenters. The zero-order valence-corrected chi connectivity index (χ0v) is 9.39. The highest BCUT2D eigenvalue weighted by Crippen LogP contribution is 2.39. The first-order valence-electron chi connectivity index (χ1n) is 6.32. The van der Waals surface area contributed by atoms with Gasteiger partial charge in [-0.1, -0.05) is 18.2 Å². The van der Waals surface area contributed by atoms with E-state index in [0.717, 1.165) is 37.2 Å². The Bertz CT molecular complexity index is 619. The average molecular weight is 228 g/mol. The van der Waals surface area contributed by atoms with Crippen LogP contribution in [0.2, 0.25) is 0 Å². The second-order valence-corrected chi connectivity index (χ2v) is 5.00. The SMILES string of the molecule is [2H]c1nc(N2CC3(COC3)C2)nc2ccccc12. The van der Waals surface area contributed by atoms with Crippen LogP contribution >= 0.6 is 0 Å². The van der Waals surface area contributed by atoms with E-state index >= 15 is 0 Å². The molecule has 0 saturated carbocycles. The smallest absolute Gasteiger partial charge is 0.225 e. The number of anilines is 1. The summed E-state index contributed by atoms with van der Waals surface area (Å²) in [5.74, 6) is 0.677. The van der Waals surface area contributed by atoms with E-state index in [1.807, 2.05) is 24.3 Å². The number of aromatic nitrogens is 2. The summed E-state index contributed by atoms with van der Waals surface area (Å²) >= 11 is 0. The maximum atomic E-state index is 7.95. The van der Waals surface area contributed by atoms with E-state index in [9.17, 15) is 0 Å². The predicted octanol–water partition coefficient (Wildman–Crippen LogP) is 1.47. The highest BCUT2D eigenvalue weighted by atomic mass is 16.5. The number of nitrogens with zero attached hydrogens (tertiary/aromatic N) is 3. The van der Waals surface area contributed by atoms with E-state index in [-0.39, 0.29) is 0 Å². The van der Waals surface area contributed by atoms with Gasteiger partial charge in [-0.2, -0.15) is 0 Å². The molecule has 0 atom stereocenters. The largest absolute Gasteiger partial charge is 0.380 e. The summed E-state index contributed by atoms with van der Waals surface area (Å²) < 4.78 is 13.2. The van der Waals surface area contributed by atoms with E-state index in [1.165, 1.54) is 0 Å². The molecule has 0 aliphatic carbocycles. The van der Waals surface area contributed by atoms with Gasteiger partial charge in [0.15, 0.2) is 0 Å². The quantitative estimate of drug-likeness (QED) is 0.740. The summed E-state index contributed by atoms with van der Waals surface area (Å²) in [5.41, 5.74) is 1.19. The van der Waals surface area contributed by atoms with Gasteiger partial charge in [-0.25, -0.2) is 9.97 Å². The minimum absolute atomic E-state index is 0.307. The Hall–Kier alpha value is -1.68. The minimum Gasteiger partial charge on any atom is -0.380 e. The normalized spacial score (nSPS) is 22.1. The number of ether oxygens (including phenoxy) is 1. The van der Waals surface area contributed by atoms with Gasteiger partial charge in [-0.15, -0.1) is 0 Å². The van der Waals surface area contributed by atoms with Crippen LogP contribution in [0.5, 0.6) is 0 Å². The maximum Gasteiger partial charge on any atom is 0.225 e. The van der Waals surface area contributed by atoms with Crippen molar-refractivity contribution in [2.24, 2.45) is 5.41 Å². The Morgan fingerprint density at radius 3 is 2.88 bits per heavy atom. The Kier molecular flexibility index (Phi) is 1.57. The molecular formula is C13H13N3O. The summed E-state index contributed by atoms with van der Waals surface area (Å²) in [4.78, 5) is 11.0. The predicted molar refractivity (Wildman–Crippen MR) is 65.0 cm³/mol. The fraction of sp³-hybridized carbons (Fsp3) is 0.385. The Labute approximate surface area is 101 Å². The standard InChI is InChI=1S/C13H13N3O/c1-2-4-11-10(3-1)5-14-12(15-11)16-6-13(7-16)8-17-9-13/h1-5H,6-9H2/i5D. The molecule has 0 bridgehead atoms. The second-order valence-electron chi connectivity index (χ2n) is 5.00. The molecule has 0 N–H and O–H groups in total. The summed E-state index contributed by atoms with van der Waals surface area (Å²) in [7, 11) is 0. The third-order valence-electron chi connectivity index (χ3n) is 3.55. The van der Waals surface area contributed by atoms with Crippen molar-refractivity contribution in [2.45, 2.75) is 0 Å². The van der Waals surface area contributed by atoms with Gasteiger partial charge in [0.2, 0.25) is 5.95 Å².